The summed E-state index contributed by atoms with van der Waals surface area (Å²) in [7, 11) is 1.69. The summed E-state index contributed by atoms with van der Waals surface area (Å²) in [6, 6.07) is 2.91. The number of hydrogen-bond donors (Lipinski definition) is 0. The minimum absolute atomic E-state index is 0.409. The Labute approximate surface area is 183 Å². The van der Waals surface area contributed by atoms with Crippen molar-refractivity contribution in [2.24, 2.45) is 17.3 Å². The molecule has 0 unspecified atom stereocenters. The van der Waals surface area contributed by atoms with Crippen molar-refractivity contribution >= 4 is 41.0 Å². The number of hydrogen-bond acceptors (Lipinski definition) is 7. The number of aromatic nitrogens is 2. The molecule has 0 amide bonds. The van der Waals surface area contributed by atoms with Gasteiger partial charge in [0.2, 0.25) is 0 Å². The molecule has 2 aromatic heterocycles. The van der Waals surface area contributed by atoms with Crippen LogP contribution >= 0.6 is 11.3 Å². The summed E-state index contributed by atoms with van der Waals surface area (Å²) >= 11 is 1.80. The molecule has 1 radical (unpaired) electrons. The lowest BCUT2D eigenvalue weighted by Gasteiger charge is -2.57. The first-order valence-electron chi connectivity index (χ1n) is 11.3. The van der Waals surface area contributed by atoms with Gasteiger partial charge in [0.1, 0.15) is 17.0 Å². The van der Waals surface area contributed by atoms with Crippen molar-refractivity contribution in [1.82, 2.24) is 19.7 Å². The van der Waals surface area contributed by atoms with Crippen LogP contribution in [0.25, 0.3) is 10.2 Å². The molecule has 5 heterocycles. The highest BCUT2D eigenvalue weighted by Gasteiger charge is 2.52. The van der Waals surface area contributed by atoms with Gasteiger partial charge in [0, 0.05) is 42.5 Å². The number of fused-ring (bicyclic) bond motifs is 1. The van der Waals surface area contributed by atoms with E-state index in [1.807, 2.05) is 0 Å². The Morgan fingerprint density at radius 1 is 1.30 bits per heavy atom. The molecule has 0 saturated carbocycles. The summed E-state index contributed by atoms with van der Waals surface area (Å²) < 4.78 is 0. The van der Waals surface area contributed by atoms with E-state index in [9.17, 15) is 4.79 Å². The first kappa shape index (κ1) is 20.4. The van der Waals surface area contributed by atoms with Crippen LogP contribution in [-0.2, 0) is 11.2 Å². The van der Waals surface area contributed by atoms with Crippen molar-refractivity contribution in [3.63, 3.8) is 0 Å². The normalized spacial score (nSPS) is 23.1. The number of aryl methyl sites for hydroxylation is 1. The first-order valence-corrected chi connectivity index (χ1v) is 12.1. The zero-order chi connectivity index (χ0) is 20.9. The summed E-state index contributed by atoms with van der Waals surface area (Å²) in [4.78, 5) is 29.8. The molecule has 6 nitrogen and oxygen atoms in total. The van der Waals surface area contributed by atoms with Gasteiger partial charge in [-0.3, -0.25) is 4.90 Å². The fourth-order valence-electron chi connectivity index (χ4n) is 5.96. The number of carbonyl (C=O) groups is 1. The second-order valence-corrected chi connectivity index (χ2v) is 10.9. The van der Waals surface area contributed by atoms with Gasteiger partial charge in [0.05, 0.1) is 11.6 Å². The number of anilines is 1. The van der Waals surface area contributed by atoms with Crippen molar-refractivity contribution in [3.05, 3.63) is 17.3 Å². The molecule has 3 aliphatic rings. The number of rotatable bonds is 7. The summed E-state index contributed by atoms with van der Waals surface area (Å²) in [5.41, 5.74) is 0.409. The lowest BCUT2D eigenvalue weighted by molar-refractivity contribution is -0.0698. The molecule has 3 aliphatic heterocycles. The molecule has 0 aliphatic carbocycles. The van der Waals surface area contributed by atoms with Crippen molar-refractivity contribution in [2.75, 3.05) is 44.2 Å². The third-order valence-corrected chi connectivity index (χ3v) is 8.51. The predicted octanol–water partition coefficient (Wildman–Crippen LogP) is 2.53. The lowest BCUT2D eigenvalue weighted by atomic mass is 9.72. The number of thiophene rings is 1. The van der Waals surface area contributed by atoms with Gasteiger partial charge in [0.25, 0.3) is 7.41 Å². The fraction of sp³-hybridized carbons (Fsp3) is 0.682. The minimum atomic E-state index is 0.409. The molecule has 1 spiro atoms. The topological polar surface area (TPSA) is 52.6 Å². The largest absolute Gasteiger partial charge is 0.355 e. The second kappa shape index (κ2) is 7.88. The average molecular weight is 424 g/mol. The van der Waals surface area contributed by atoms with Crippen LogP contribution in [0, 0.1) is 17.3 Å². The Bertz CT molecular complexity index is 921. The van der Waals surface area contributed by atoms with E-state index >= 15 is 0 Å². The maximum atomic E-state index is 10.7. The van der Waals surface area contributed by atoms with Gasteiger partial charge in [0.15, 0.2) is 0 Å². The van der Waals surface area contributed by atoms with Crippen LogP contribution in [0.1, 0.15) is 32.1 Å². The maximum absolute atomic E-state index is 10.7. The van der Waals surface area contributed by atoms with Gasteiger partial charge in [-0.25, -0.2) is 9.97 Å². The molecule has 30 heavy (non-hydrogen) atoms. The lowest BCUT2D eigenvalue weighted by Crippen LogP contribution is -2.67. The zero-order valence-corrected chi connectivity index (χ0v) is 19.1. The summed E-state index contributed by atoms with van der Waals surface area (Å²) in [6.45, 7) is 13.5. The first-order chi connectivity index (χ1) is 14.5. The Morgan fingerprint density at radius 2 is 2.10 bits per heavy atom. The van der Waals surface area contributed by atoms with Crippen molar-refractivity contribution in [1.29, 1.82) is 0 Å². The van der Waals surface area contributed by atoms with Crippen LogP contribution in [0.4, 0.5) is 5.82 Å². The zero-order valence-electron chi connectivity index (χ0n) is 18.3. The number of likely N-dealkylation sites (tertiary alicyclic amines) is 1. The van der Waals surface area contributed by atoms with Gasteiger partial charge in [-0.15, -0.1) is 11.3 Å². The van der Waals surface area contributed by atoms with Gasteiger partial charge in [-0.2, -0.15) is 0 Å². The van der Waals surface area contributed by atoms with Crippen LogP contribution in [-0.4, -0.2) is 78.6 Å². The van der Waals surface area contributed by atoms with E-state index in [1.165, 1.54) is 29.8 Å². The second-order valence-electron chi connectivity index (χ2n) is 9.79. The van der Waals surface area contributed by atoms with Gasteiger partial charge in [-0.1, -0.05) is 20.8 Å². The fourth-order valence-corrected chi connectivity index (χ4v) is 6.89. The van der Waals surface area contributed by atoms with Crippen molar-refractivity contribution in [3.8, 4) is 0 Å². The van der Waals surface area contributed by atoms with E-state index in [0.29, 0.717) is 23.3 Å². The van der Waals surface area contributed by atoms with E-state index in [1.54, 1.807) is 25.1 Å². The van der Waals surface area contributed by atoms with E-state index in [0.717, 1.165) is 49.4 Å². The third-order valence-electron chi connectivity index (χ3n) is 7.32. The Kier molecular flexibility index (Phi) is 5.36. The Morgan fingerprint density at radius 3 is 2.80 bits per heavy atom. The Balaban J connectivity index is 1.25. The van der Waals surface area contributed by atoms with Crippen LogP contribution in [0.15, 0.2) is 12.4 Å². The molecule has 0 bridgehead atoms. The molecular formula is C22H31BN5OS. The molecule has 8 heteroatoms. The summed E-state index contributed by atoms with van der Waals surface area (Å²) in [5.74, 6) is 2.45. The highest BCUT2D eigenvalue weighted by molar-refractivity contribution is 7.18. The summed E-state index contributed by atoms with van der Waals surface area (Å²) in [5, 5.41) is 1.23. The van der Waals surface area contributed by atoms with Crippen LogP contribution in [0.2, 0.25) is 0 Å². The van der Waals surface area contributed by atoms with E-state index in [-0.39, 0.29) is 0 Å². The minimum Gasteiger partial charge on any atom is -0.355 e. The monoisotopic (exact) mass is 424 g/mol. The highest BCUT2D eigenvalue weighted by Crippen LogP contribution is 2.45. The molecule has 159 valence electrons. The third kappa shape index (κ3) is 3.47. The molecule has 2 aromatic rings. The molecule has 1 atom stereocenters. The molecule has 5 rings (SSSR count). The molecule has 0 N–H and O–H groups in total. The number of carbonyl (C=O) groups excluding carboxylic acids is 1. The van der Waals surface area contributed by atoms with E-state index < -0.39 is 0 Å². The Hall–Kier alpha value is -1.51. The predicted molar refractivity (Wildman–Crippen MR) is 124 cm³/mol. The molecule has 3 saturated heterocycles. The van der Waals surface area contributed by atoms with E-state index in [2.05, 4.69) is 51.4 Å². The highest BCUT2D eigenvalue weighted by atomic mass is 32.1. The molecular weight excluding hydrogens is 393 g/mol. The SMILES string of the molecule is CCc1cc2c(N3CCC4(C3)CN([C@H](C(C)C)C3CN([B]C=O)C3)C4)ncnc2s1. The standard InChI is InChI=1S/C22H31BN5OS/c1-4-17-7-18-20(24-14-25-21(18)30-17)26-6-5-22(10-26)11-27(12-22)19(15(2)3)16-8-28(9-16)23-13-29/h7,13-16,19H,4-6,8-12H2,1-3H3/t19-/m1/s1. The number of nitrogens with zero attached hydrogens (tertiary/aromatic N) is 5. The quantitative estimate of drug-likeness (QED) is 0.503. The van der Waals surface area contributed by atoms with Crippen LogP contribution in [0.5, 0.6) is 0 Å². The van der Waals surface area contributed by atoms with Crippen molar-refractivity contribution in [2.45, 2.75) is 39.7 Å². The molecule has 0 aromatic carbocycles. The van der Waals surface area contributed by atoms with Crippen LogP contribution in [0.3, 0.4) is 0 Å². The average Bonchev–Trinajstić information content (AvgIpc) is 3.29. The van der Waals surface area contributed by atoms with Gasteiger partial charge < -0.3 is 14.5 Å². The van der Waals surface area contributed by atoms with Gasteiger partial charge in [-0.05, 0) is 43.8 Å². The smallest absolute Gasteiger partial charge is 0.293 e. The molecule has 3 fully saturated rings. The van der Waals surface area contributed by atoms with E-state index in [4.69, 9.17) is 0 Å². The van der Waals surface area contributed by atoms with Crippen LogP contribution < -0.4 is 4.90 Å². The summed E-state index contributed by atoms with van der Waals surface area (Å²) in [6.07, 6.45) is 4.95. The maximum Gasteiger partial charge on any atom is 0.293 e. The van der Waals surface area contributed by atoms with Gasteiger partial charge >= 0.3 is 0 Å². The van der Waals surface area contributed by atoms with Crippen molar-refractivity contribution < 1.29 is 4.79 Å².